The molecule has 2 nitrogen and oxygen atoms in total. The second kappa shape index (κ2) is 4.83. The summed E-state index contributed by atoms with van der Waals surface area (Å²) in [5.41, 5.74) is 0. The van der Waals surface area contributed by atoms with Gasteiger partial charge in [-0.05, 0) is 26.3 Å². The van der Waals surface area contributed by atoms with E-state index in [1.807, 2.05) is 6.92 Å². The molecule has 1 saturated carbocycles. The summed E-state index contributed by atoms with van der Waals surface area (Å²) in [7, 11) is 0. The Morgan fingerprint density at radius 1 is 1.33 bits per heavy atom. The predicted octanol–water partition coefficient (Wildman–Crippen LogP) is 1.98. The van der Waals surface area contributed by atoms with Gasteiger partial charge in [0.25, 0.3) is 0 Å². The van der Waals surface area contributed by atoms with E-state index in [9.17, 15) is 5.11 Å². The van der Waals surface area contributed by atoms with E-state index in [2.05, 4.69) is 11.8 Å². The molecular weight excluding hydrogens is 150 g/mol. The minimum Gasteiger partial charge on any atom is -0.379 e. The third kappa shape index (κ3) is 2.46. The van der Waals surface area contributed by atoms with Gasteiger partial charge in [-0.2, -0.15) is 0 Å². The van der Waals surface area contributed by atoms with Crippen LogP contribution in [0.3, 0.4) is 0 Å². The third-order valence-electron chi connectivity index (χ3n) is 2.89. The van der Waals surface area contributed by atoms with Crippen LogP contribution in [0.15, 0.2) is 0 Å². The van der Waals surface area contributed by atoms with Gasteiger partial charge in [-0.1, -0.05) is 26.2 Å². The second-order valence-corrected chi connectivity index (χ2v) is 3.75. The molecule has 2 heteroatoms. The highest BCUT2D eigenvalue weighted by Crippen LogP contribution is 2.23. The van der Waals surface area contributed by atoms with Gasteiger partial charge in [0.2, 0.25) is 0 Å². The Hall–Kier alpha value is -0.0800. The van der Waals surface area contributed by atoms with E-state index >= 15 is 0 Å². The van der Waals surface area contributed by atoms with Gasteiger partial charge >= 0.3 is 0 Å². The van der Waals surface area contributed by atoms with Crippen molar-refractivity contribution in [1.82, 2.24) is 4.90 Å². The summed E-state index contributed by atoms with van der Waals surface area (Å²) >= 11 is 0. The van der Waals surface area contributed by atoms with Crippen molar-refractivity contribution in [2.24, 2.45) is 0 Å². The van der Waals surface area contributed by atoms with E-state index in [0.29, 0.717) is 6.04 Å². The van der Waals surface area contributed by atoms with Crippen LogP contribution in [0.2, 0.25) is 0 Å². The number of rotatable bonds is 3. The number of hydrogen-bond donors (Lipinski definition) is 1. The fourth-order valence-electron chi connectivity index (χ4n) is 2.24. The lowest BCUT2D eigenvalue weighted by Gasteiger charge is -2.35. The first-order valence-electron chi connectivity index (χ1n) is 5.19. The van der Waals surface area contributed by atoms with Gasteiger partial charge in [0.15, 0.2) is 0 Å². The van der Waals surface area contributed by atoms with Crippen molar-refractivity contribution in [3.05, 3.63) is 0 Å². The van der Waals surface area contributed by atoms with Crippen molar-refractivity contribution >= 4 is 0 Å². The zero-order valence-corrected chi connectivity index (χ0v) is 8.29. The van der Waals surface area contributed by atoms with Gasteiger partial charge in [-0.3, -0.25) is 4.90 Å². The fourth-order valence-corrected chi connectivity index (χ4v) is 2.24. The van der Waals surface area contributed by atoms with Crippen molar-refractivity contribution in [2.45, 2.75) is 58.2 Å². The molecule has 0 bridgehead atoms. The molecule has 1 atom stereocenters. The molecule has 0 aromatic carbocycles. The van der Waals surface area contributed by atoms with Crippen LogP contribution < -0.4 is 0 Å². The molecule has 0 aromatic heterocycles. The molecule has 1 unspecified atom stereocenters. The van der Waals surface area contributed by atoms with Gasteiger partial charge in [0, 0.05) is 6.04 Å². The number of hydrogen-bond acceptors (Lipinski definition) is 2. The van der Waals surface area contributed by atoms with E-state index in [0.717, 1.165) is 6.54 Å². The van der Waals surface area contributed by atoms with Crippen molar-refractivity contribution in [3.8, 4) is 0 Å². The molecular formula is C10H21NO. The average molecular weight is 171 g/mol. The van der Waals surface area contributed by atoms with Crippen molar-refractivity contribution < 1.29 is 5.11 Å². The first-order valence-corrected chi connectivity index (χ1v) is 5.19. The largest absolute Gasteiger partial charge is 0.379 e. The van der Waals surface area contributed by atoms with Crippen LogP contribution in [0, 0.1) is 0 Å². The van der Waals surface area contributed by atoms with Crippen LogP contribution >= 0.6 is 0 Å². The Bertz CT molecular complexity index is 119. The quantitative estimate of drug-likeness (QED) is 0.656. The number of aliphatic hydroxyl groups is 1. The second-order valence-electron chi connectivity index (χ2n) is 3.75. The molecule has 1 aliphatic rings. The molecule has 1 fully saturated rings. The van der Waals surface area contributed by atoms with Crippen molar-refractivity contribution in [3.63, 3.8) is 0 Å². The maximum atomic E-state index is 9.49. The summed E-state index contributed by atoms with van der Waals surface area (Å²) in [6.45, 7) is 4.97. The Labute approximate surface area is 75.6 Å². The summed E-state index contributed by atoms with van der Waals surface area (Å²) in [5, 5.41) is 9.49. The Morgan fingerprint density at radius 2 is 1.92 bits per heavy atom. The third-order valence-corrected chi connectivity index (χ3v) is 2.89. The molecule has 1 rings (SSSR count). The lowest BCUT2D eigenvalue weighted by atomic mass is 9.94. The topological polar surface area (TPSA) is 23.5 Å². The van der Waals surface area contributed by atoms with Gasteiger partial charge in [-0.25, -0.2) is 0 Å². The molecule has 0 aliphatic heterocycles. The normalized spacial score (nSPS) is 23.0. The highest BCUT2D eigenvalue weighted by Gasteiger charge is 2.22. The zero-order chi connectivity index (χ0) is 8.97. The number of aliphatic hydroxyl groups excluding tert-OH is 1. The van der Waals surface area contributed by atoms with Gasteiger partial charge in [-0.15, -0.1) is 0 Å². The minimum atomic E-state index is -0.266. The summed E-state index contributed by atoms with van der Waals surface area (Å²) in [6, 6.07) is 0.642. The van der Waals surface area contributed by atoms with Crippen LogP contribution in [0.4, 0.5) is 0 Å². The molecule has 0 aromatic rings. The first kappa shape index (κ1) is 10.0. The standard InChI is InChI=1S/C10H21NO/c1-3-11(9(2)12)10-7-5-4-6-8-10/h9-10,12H,3-8H2,1-2H3. The SMILES string of the molecule is CCN(C(C)O)C1CCCCC1. The highest BCUT2D eigenvalue weighted by molar-refractivity contribution is 4.75. The molecule has 0 heterocycles. The van der Waals surface area contributed by atoms with E-state index in [1.54, 1.807) is 0 Å². The van der Waals surface area contributed by atoms with Gasteiger partial charge in [0.05, 0.1) is 0 Å². The lowest BCUT2D eigenvalue weighted by Crippen LogP contribution is -2.42. The zero-order valence-electron chi connectivity index (χ0n) is 8.29. The van der Waals surface area contributed by atoms with E-state index in [1.165, 1.54) is 32.1 Å². The number of nitrogens with zero attached hydrogens (tertiary/aromatic N) is 1. The summed E-state index contributed by atoms with van der Waals surface area (Å²) in [4.78, 5) is 2.21. The molecule has 1 N–H and O–H groups in total. The van der Waals surface area contributed by atoms with Crippen molar-refractivity contribution in [1.29, 1.82) is 0 Å². The minimum absolute atomic E-state index is 0.266. The maximum Gasteiger partial charge on any atom is 0.104 e. The average Bonchev–Trinajstić information content (AvgIpc) is 2.07. The maximum absolute atomic E-state index is 9.49. The smallest absolute Gasteiger partial charge is 0.104 e. The predicted molar refractivity (Wildman–Crippen MR) is 50.9 cm³/mol. The van der Waals surface area contributed by atoms with Gasteiger partial charge < -0.3 is 5.11 Å². The molecule has 0 amide bonds. The summed E-state index contributed by atoms with van der Waals surface area (Å²) in [6.07, 6.45) is 6.35. The van der Waals surface area contributed by atoms with Crippen LogP contribution in [0.1, 0.15) is 46.0 Å². The molecule has 1 aliphatic carbocycles. The summed E-state index contributed by atoms with van der Waals surface area (Å²) in [5.74, 6) is 0. The highest BCUT2D eigenvalue weighted by atomic mass is 16.3. The van der Waals surface area contributed by atoms with Gasteiger partial charge in [0.1, 0.15) is 6.23 Å². The summed E-state index contributed by atoms with van der Waals surface area (Å²) < 4.78 is 0. The van der Waals surface area contributed by atoms with Crippen LogP contribution in [-0.4, -0.2) is 28.8 Å². The van der Waals surface area contributed by atoms with E-state index < -0.39 is 0 Å². The Morgan fingerprint density at radius 3 is 2.33 bits per heavy atom. The van der Waals surface area contributed by atoms with Crippen LogP contribution in [0.25, 0.3) is 0 Å². The van der Waals surface area contributed by atoms with E-state index in [-0.39, 0.29) is 6.23 Å². The molecule has 0 spiro atoms. The fraction of sp³-hybridized carbons (Fsp3) is 1.00. The molecule has 72 valence electrons. The lowest BCUT2D eigenvalue weighted by molar-refractivity contribution is -0.0180. The Kier molecular flexibility index (Phi) is 4.02. The molecule has 0 radical (unpaired) electrons. The Balaban J connectivity index is 2.40. The van der Waals surface area contributed by atoms with Crippen LogP contribution in [0.5, 0.6) is 0 Å². The van der Waals surface area contributed by atoms with E-state index in [4.69, 9.17) is 0 Å². The van der Waals surface area contributed by atoms with Crippen LogP contribution in [-0.2, 0) is 0 Å². The monoisotopic (exact) mass is 171 g/mol. The van der Waals surface area contributed by atoms with Crippen molar-refractivity contribution in [2.75, 3.05) is 6.54 Å². The molecule has 12 heavy (non-hydrogen) atoms. The first-order chi connectivity index (χ1) is 5.75. The molecule has 0 saturated heterocycles.